The number of methoxy groups -OCH3 is 2. The Morgan fingerprint density at radius 1 is 0.875 bits per heavy atom. The van der Waals surface area contributed by atoms with Gasteiger partial charge < -0.3 is 19.7 Å². The van der Waals surface area contributed by atoms with Crippen LogP contribution >= 0.6 is 0 Å². The first kappa shape index (κ1) is 30.5. The lowest BCUT2D eigenvalue weighted by molar-refractivity contribution is -0.140. The van der Waals surface area contributed by atoms with E-state index < -0.39 is 28.5 Å². The number of ether oxygens (including phenoxy) is 2. The third-order valence-corrected chi connectivity index (χ3v) is 8.16. The summed E-state index contributed by atoms with van der Waals surface area (Å²) in [6.45, 7) is 3.80. The van der Waals surface area contributed by atoms with Gasteiger partial charge in [-0.25, -0.2) is 8.42 Å². The topological polar surface area (TPSA) is 105 Å². The second kappa shape index (κ2) is 14.4. The van der Waals surface area contributed by atoms with Crippen LogP contribution in [-0.4, -0.2) is 58.5 Å². The van der Waals surface area contributed by atoms with E-state index in [0.29, 0.717) is 24.5 Å². The first-order valence-corrected chi connectivity index (χ1v) is 14.6. The Hall–Kier alpha value is -4.05. The molecule has 0 bridgehead atoms. The van der Waals surface area contributed by atoms with Crippen LogP contribution < -0.4 is 19.1 Å². The van der Waals surface area contributed by atoms with Crippen LogP contribution in [0.25, 0.3) is 0 Å². The maximum atomic E-state index is 14.1. The summed E-state index contributed by atoms with van der Waals surface area (Å²) in [5.41, 5.74) is 1.01. The molecule has 0 fully saturated rings. The van der Waals surface area contributed by atoms with E-state index in [4.69, 9.17) is 9.47 Å². The molecule has 0 saturated carbocycles. The van der Waals surface area contributed by atoms with Crippen molar-refractivity contribution in [2.75, 3.05) is 31.6 Å². The van der Waals surface area contributed by atoms with Gasteiger partial charge in [-0.15, -0.1) is 0 Å². The first-order chi connectivity index (χ1) is 19.2. The fourth-order valence-electron chi connectivity index (χ4n) is 4.27. The lowest BCUT2D eigenvalue weighted by Gasteiger charge is -2.33. The molecule has 10 heteroatoms. The number of carbonyl (C=O) groups is 2. The molecule has 3 aromatic rings. The molecule has 2 amide bonds. The van der Waals surface area contributed by atoms with Gasteiger partial charge in [-0.1, -0.05) is 50.2 Å². The molecule has 0 aliphatic heterocycles. The van der Waals surface area contributed by atoms with Gasteiger partial charge in [-0.05, 0) is 54.8 Å². The molecule has 1 atom stereocenters. The van der Waals surface area contributed by atoms with Gasteiger partial charge in [-0.2, -0.15) is 0 Å². The van der Waals surface area contributed by atoms with Crippen LogP contribution in [0, 0.1) is 0 Å². The molecule has 214 valence electrons. The summed E-state index contributed by atoms with van der Waals surface area (Å²) in [7, 11) is -1.11. The van der Waals surface area contributed by atoms with Crippen LogP contribution in [0.1, 0.15) is 32.3 Å². The normalized spacial score (nSPS) is 11.8. The highest BCUT2D eigenvalue weighted by Gasteiger charge is 2.33. The number of amides is 2. The Morgan fingerprint density at radius 3 is 2.15 bits per heavy atom. The quantitative estimate of drug-likeness (QED) is 0.313. The second-order valence-corrected chi connectivity index (χ2v) is 11.0. The minimum Gasteiger partial charge on any atom is -0.497 e. The fraction of sp³-hybridized carbons (Fsp3) is 0.333. The van der Waals surface area contributed by atoms with Crippen molar-refractivity contribution in [1.29, 1.82) is 0 Å². The predicted molar refractivity (Wildman–Crippen MR) is 155 cm³/mol. The molecule has 0 aliphatic rings. The van der Waals surface area contributed by atoms with E-state index in [2.05, 4.69) is 5.32 Å². The number of rotatable bonds is 14. The van der Waals surface area contributed by atoms with Crippen LogP contribution in [0.5, 0.6) is 11.5 Å². The maximum absolute atomic E-state index is 14.1. The average molecular weight is 568 g/mol. The predicted octanol–water partition coefficient (Wildman–Crippen LogP) is 4.23. The molecular weight excluding hydrogens is 530 g/mol. The first-order valence-electron chi connectivity index (χ1n) is 13.2. The Kier molecular flexibility index (Phi) is 11.0. The van der Waals surface area contributed by atoms with Gasteiger partial charge in [0.15, 0.2) is 0 Å². The van der Waals surface area contributed by atoms with Crippen molar-refractivity contribution < 1.29 is 27.5 Å². The summed E-state index contributed by atoms with van der Waals surface area (Å²) >= 11 is 0. The highest BCUT2D eigenvalue weighted by molar-refractivity contribution is 7.92. The fourth-order valence-corrected chi connectivity index (χ4v) is 5.69. The molecule has 3 rings (SSSR count). The molecule has 0 saturated heterocycles. The van der Waals surface area contributed by atoms with Crippen LogP contribution in [0.3, 0.4) is 0 Å². The monoisotopic (exact) mass is 567 g/mol. The third kappa shape index (κ3) is 7.53. The summed E-state index contributed by atoms with van der Waals surface area (Å²) in [6.07, 6.45) is 1.08. The largest absolute Gasteiger partial charge is 0.497 e. The molecule has 0 radical (unpaired) electrons. The number of carbonyl (C=O) groups excluding carboxylic acids is 2. The van der Waals surface area contributed by atoms with E-state index in [9.17, 15) is 18.0 Å². The molecular formula is C30H37N3O6S. The molecule has 9 nitrogen and oxygen atoms in total. The van der Waals surface area contributed by atoms with E-state index in [1.165, 1.54) is 24.1 Å². The standard InChI is InChI=1S/C30H37N3O6S/c1-5-18-31-30(35)28(6-2)32(21-23-12-10-14-25(19-23)38-3)29(34)22-33(24-13-11-15-26(20-24)39-4)40(36,37)27-16-8-7-9-17-27/h7-17,19-20,28H,5-6,18,21-22H2,1-4H3,(H,31,35)/t28-/m0/s1. The van der Waals surface area contributed by atoms with Gasteiger partial charge in [-0.3, -0.25) is 13.9 Å². The van der Waals surface area contributed by atoms with E-state index in [1.54, 1.807) is 67.8 Å². The number of hydrogen-bond acceptors (Lipinski definition) is 6. The summed E-state index contributed by atoms with van der Waals surface area (Å²) in [4.78, 5) is 28.7. The van der Waals surface area contributed by atoms with Crippen molar-refractivity contribution >= 4 is 27.5 Å². The zero-order chi connectivity index (χ0) is 29.1. The third-order valence-electron chi connectivity index (χ3n) is 6.37. The minimum atomic E-state index is -4.15. The van der Waals surface area contributed by atoms with Gasteiger partial charge >= 0.3 is 0 Å². The number of nitrogens with one attached hydrogen (secondary N) is 1. The molecule has 0 heterocycles. The van der Waals surface area contributed by atoms with Gasteiger partial charge in [0, 0.05) is 19.2 Å². The summed E-state index contributed by atoms with van der Waals surface area (Å²) in [5.74, 6) is 0.234. The molecule has 0 unspecified atom stereocenters. The lowest BCUT2D eigenvalue weighted by Crippen LogP contribution is -2.52. The number of anilines is 1. The Balaban J connectivity index is 2.06. The van der Waals surface area contributed by atoms with Crippen molar-refractivity contribution in [3.63, 3.8) is 0 Å². The summed E-state index contributed by atoms with van der Waals surface area (Å²) in [6, 6.07) is 20.9. The Morgan fingerprint density at radius 2 is 1.52 bits per heavy atom. The van der Waals surface area contributed by atoms with Gasteiger partial charge in [0.1, 0.15) is 24.1 Å². The van der Waals surface area contributed by atoms with Crippen LogP contribution in [0.15, 0.2) is 83.8 Å². The highest BCUT2D eigenvalue weighted by Crippen LogP contribution is 2.28. The van der Waals surface area contributed by atoms with Crippen LogP contribution in [-0.2, 0) is 26.2 Å². The second-order valence-electron chi connectivity index (χ2n) is 9.11. The van der Waals surface area contributed by atoms with E-state index in [0.717, 1.165) is 16.3 Å². The molecule has 40 heavy (non-hydrogen) atoms. The summed E-state index contributed by atoms with van der Waals surface area (Å²) < 4.78 is 39.4. The Labute approximate surface area is 236 Å². The van der Waals surface area contributed by atoms with Gasteiger partial charge in [0.2, 0.25) is 11.8 Å². The molecule has 3 aromatic carbocycles. The minimum absolute atomic E-state index is 0.0395. The number of sulfonamides is 1. The Bertz CT molecular complexity index is 1380. The number of benzene rings is 3. The maximum Gasteiger partial charge on any atom is 0.264 e. The summed E-state index contributed by atoms with van der Waals surface area (Å²) in [5, 5.41) is 2.88. The van der Waals surface area contributed by atoms with E-state index in [1.807, 2.05) is 19.9 Å². The average Bonchev–Trinajstić information content (AvgIpc) is 2.98. The van der Waals surface area contributed by atoms with Crippen LogP contribution in [0.2, 0.25) is 0 Å². The zero-order valence-corrected chi connectivity index (χ0v) is 24.2. The molecule has 1 N–H and O–H groups in total. The molecule has 0 spiro atoms. The highest BCUT2D eigenvalue weighted by atomic mass is 32.2. The van der Waals surface area contributed by atoms with Gasteiger partial charge in [0.25, 0.3) is 10.0 Å². The van der Waals surface area contributed by atoms with E-state index >= 15 is 0 Å². The van der Waals surface area contributed by atoms with Crippen molar-refractivity contribution in [3.05, 3.63) is 84.4 Å². The van der Waals surface area contributed by atoms with Crippen molar-refractivity contribution in [3.8, 4) is 11.5 Å². The lowest BCUT2D eigenvalue weighted by atomic mass is 10.1. The number of hydrogen-bond donors (Lipinski definition) is 1. The van der Waals surface area contributed by atoms with Crippen LogP contribution in [0.4, 0.5) is 5.69 Å². The number of nitrogens with zero attached hydrogens (tertiary/aromatic N) is 2. The smallest absolute Gasteiger partial charge is 0.264 e. The molecule has 0 aromatic heterocycles. The van der Waals surface area contributed by atoms with Gasteiger partial charge in [0.05, 0.1) is 24.8 Å². The zero-order valence-electron chi connectivity index (χ0n) is 23.4. The van der Waals surface area contributed by atoms with Crippen molar-refractivity contribution in [2.24, 2.45) is 0 Å². The van der Waals surface area contributed by atoms with Crippen molar-refractivity contribution in [1.82, 2.24) is 10.2 Å². The van der Waals surface area contributed by atoms with Crippen molar-refractivity contribution in [2.45, 2.75) is 44.2 Å². The SMILES string of the molecule is CCCNC(=O)[C@H](CC)N(Cc1cccc(OC)c1)C(=O)CN(c1cccc(OC)c1)S(=O)(=O)c1ccccc1. The van der Waals surface area contributed by atoms with E-state index in [-0.39, 0.29) is 23.0 Å². The molecule has 0 aliphatic carbocycles.